The van der Waals surface area contributed by atoms with Crippen molar-refractivity contribution in [2.45, 2.75) is 0 Å². The van der Waals surface area contributed by atoms with Crippen LogP contribution in [0.2, 0.25) is 0 Å². The van der Waals surface area contributed by atoms with Gasteiger partial charge in [0.2, 0.25) is 0 Å². The first-order valence-corrected chi connectivity index (χ1v) is 5.37. The fraction of sp³-hybridized carbons (Fsp3) is 0.182. The Morgan fingerprint density at radius 2 is 1.82 bits per heavy atom. The Hall–Kier alpha value is -1.69. The van der Waals surface area contributed by atoms with Crippen molar-refractivity contribution in [3.63, 3.8) is 0 Å². The molecule has 6 heteroatoms. The molecule has 0 spiro atoms. The minimum Gasteiger partial charge on any atom is -0.465 e. The van der Waals surface area contributed by atoms with E-state index in [2.05, 4.69) is 30.4 Å². The first-order valence-electron chi connectivity index (χ1n) is 4.58. The molecule has 0 atom stereocenters. The molecule has 17 heavy (non-hydrogen) atoms. The van der Waals surface area contributed by atoms with Crippen LogP contribution in [-0.2, 0) is 19.1 Å². The van der Waals surface area contributed by atoms with Crippen molar-refractivity contribution in [1.82, 2.24) is 4.98 Å². The zero-order valence-electron chi connectivity index (χ0n) is 9.27. The standard InChI is InChI=1S/C11H10BrNO4/c1-16-10(14)9(11(15)17-2)5-8-4-3-7(12)6-13-8/h3-6H,1-2H3. The van der Waals surface area contributed by atoms with E-state index in [0.717, 1.165) is 4.47 Å². The van der Waals surface area contributed by atoms with Crippen molar-refractivity contribution < 1.29 is 19.1 Å². The van der Waals surface area contributed by atoms with Gasteiger partial charge in [0.1, 0.15) is 5.57 Å². The van der Waals surface area contributed by atoms with Crippen LogP contribution >= 0.6 is 15.9 Å². The number of rotatable bonds is 3. The maximum absolute atomic E-state index is 11.4. The number of aromatic nitrogens is 1. The summed E-state index contributed by atoms with van der Waals surface area (Å²) in [5, 5.41) is 0. The van der Waals surface area contributed by atoms with Gasteiger partial charge in [-0.1, -0.05) is 0 Å². The summed E-state index contributed by atoms with van der Waals surface area (Å²) in [6, 6.07) is 3.39. The van der Waals surface area contributed by atoms with Gasteiger partial charge in [-0.3, -0.25) is 4.98 Å². The summed E-state index contributed by atoms with van der Waals surface area (Å²) in [6.45, 7) is 0. The highest BCUT2D eigenvalue weighted by molar-refractivity contribution is 9.10. The summed E-state index contributed by atoms with van der Waals surface area (Å²) in [4.78, 5) is 26.7. The van der Waals surface area contributed by atoms with E-state index >= 15 is 0 Å². The van der Waals surface area contributed by atoms with Gasteiger partial charge in [-0.15, -0.1) is 0 Å². The van der Waals surface area contributed by atoms with Gasteiger partial charge in [-0.05, 0) is 34.1 Å². The van der Waals surface area contributed by atoms with Crippen LogP contribution in [0.5, 0.6) is 0 Å². The van der Waals surface area contributed by atoms with Crippen LogP contribution in [0.3, 0.4) is 0 Å². The molecule has 0 radical (unpaired) electrons. The lowest BCUT2D eigenvalue weighted by atomic mass is 10.2. The SMILES string of the molecule is COC(=O)C(=Cc1ccc(Br)cn1)C(=O)OC. The van der Waals surface area contributed by atoms with E-state index in [9.17, 15) is 9.59 Å². The number of nitrogens with zero attached hydrogens (tertiary/aromatic N) is 1. The third-order valence-corrected chi connectivity index (χ3v) is 2.32. The quantitative estimate of drug-likeness (QED) is 0.367. The zero-order chi connectivity index (χ0) is 12.8. The van der Waals surface area contributed by atoms with Crippen LogP contribution in [0, 0.1) is 0 Å². The molecule has 0 aromatic carbocycles. The summed E-state index contributed by atoms with van der Waals surface area (Å²) in [5.41, 5.74) is 0.254. The third-order valence-electron chi connectivity index (χ3n) is 1.85. The lowest BCUT2D eigenvalue weighted by molar-refractivity contribution is -0.143. The fourth-order valence-corrected chi connectivity index (χ4v) is 1.28. The number of hydrogen-bond acceptors (Lipinski definition) is 5. The Balaban J connectivity index is 3.09. The molecular weight excluding hydrogens is 290 g/mol. The van der Waals surface area contributed by atoms with E-state index in [1.165, 1.54) is 20.3 Å². The summed E-state index contributed by atoms with van der Waals surface area (Å²) in [6.07, 6.45) is 2.86. The van der Waals surface area contributed by atoms with Gasteiger partial charge in [0, 0.05) is 10.7 Å². The molecule has 0 unspecified atom stereocenters. The van der Waals surface area contributed by atoms with Crippen molar-refractivity contribution in [2.75, 3.05) is 14.2 Å². The molecule has 0 saturated carbocycles. The van der Waals surface area contributed by atoms with Crippen LogP contribution in [0.25, 0.3) is 6.08 Å². The summed E-state index contributed by atoms with van der Waals surface area (Å²) in [5.74, 6) is -1.52. The van der Waals surface area contributed by atoms with Gasteiger partial charge in [0.25, 0.3) is 0 Å². The summed E-state index contributed by atoms with van der Waals surface area (Å²) < 4.78 is 9.77. The van der Waals surface area contributed by atoms with Crippen LogP contribution < -0.4 is 0 Å². The number of ether oxygens (including phenoxy) is 2. The van der Waals surface area contributed by atoms with E-state index in [-0.39, 0.29) is 5.57 Å². The maximum Gasteiger partial charge on any atom is 0.345 e. The average molecular weight is 300 g/mol. The number of halogens is 1. The molecule has 0 bridgehead atoms. The molecule has 1 rings (SSSR count). The molecule has 0 aliphatic rings. The Kier molecular flexibility index (Phi) is 4.84. The molecule has 0 aliphatic heterocycles. The van der Waals surface area contributed by atoms with E-state index in [0.29, 0.717) is 5.69 Å². The topological polar surface area (TPSA) is 65.5 Å². The van der Waals surface area contributed by atoms with Gasteiger partial charge < -0.3 is 9.47 Å². The maximum atomic E-state index is 11.4. The third kappa shape index (κ3) is 3.67. The molecule has 5 nitrogen and oxygen atoms in total. The Bertz CT molecular complexity index is 435. The van der Waals surface area contributed by atoms with E-state index in [4.69, 9.17) is 0 Å². The second-order valence-electron chi connectivity index (χ2n) is 2.94. The van der Waals surface area contributed by atoms with Crippen molar-refractivity contribution in [2.24, 2.45) is 0 Å². The van der Waals surface area contributed by atoms with Gasteiger partial charge in [0.05, 0.1) is 19.9 Å². The fourth-order valence-electron chi connectivity index (χ4n) is 1.04. The minimum absolute atomic E-state index is 0.204. The highest BCUT2D eigenvalue weighted by Crippen LogP contribution is 2.11. The van der Waals surface area contributed by atoms with Crippen LogP contribution in [0.4, 0.5) is 0 Å². The predicted octanol–water partition coefficient (Wildman–Crippen LogP) is 1.57. The summed E-state index contributed by atoms with van der Waals surface area (Å²) in [7, 11) is 2.38. The molecule has 1 heterocycles. The number of hydrogen-bond donors (Lipinski definition) is 0. The van der Waals surface area contributed by atoms with Crippen molar-refractivity contribution >= 4 is 33.9 Å². The van der Waals surface area contributed by atoms with Gasteiger partial charge in [-0.2, -0.15) is 0 Å². The largest absolute Gasteiger partial charge is 0.465 e. The lowest BCUT2D eigenvalue weighted by Gasteiger charge is -2.03. The molecular formula is C11H10BrNO4. The second kappa shape index (κ2) is 6.15. The minimum atomic E-state index is -0.762. The van der Waals surface area contributed by atoms with Crippen LogP contribution in [0.15, 0.2) is 28.4 Å². The number of methoxy groups -OCH3 is 2. The van der Waals surface area contributed by atoms with E-state index in [1.54, 1.807) is 18.3 Å². The number of pyridine rings is 1. The lowest BCUT2D eigenvalue weighted by Crippen LogP contribution is -2.15. The van der Waals surface area contributed by atoms with Crippen molar-refractivity contribution in [3.8, 4) is 0 Å². The second-order valence-corrected chi connectivity index (χ2v) is 3.86. The molecule has 0 N–H and O–H groups in total. The normalized spacial score (nSPS) is 9.35. The monoisotopic (exact) mass is 299 g/mol. The Labute approximate surface area is 107 Å². The molecule has 90 valence electrons. The zero-order valence-corrected chi connectivity index (χ0v) is 10.9. The van der Waals surface area contributed by atoms with Crippen molar-refractivity contribution in [1.29, 1.82) is 0 Å². The molecule has 0 aliphatic carbocycles. The first-order chi connectivity index (χ1) is 8.08. The van der Waals surface area contributed by atoms with E-state index < -0.39 is 11.9 Å². The molecule has 0 saturated heterocycles. The molecule has 1 aromatic rings. The number of carbonyl (C=O) groups is 2. The van der Waals surface area contributed by atoms with Gasteiger partial charge in [-0.25, -0.2) is 9.59 Å². The number of carbonyl (C=O) groups excluding carboxylic acids is 2. The predicted molar refractivity (Wildman–Crippen MR) is 63.9 cm³/mol. The van der Waals surface area contributed by atoms with Gasteiger partial charge in [0.15, 0.2) is 0 Å². The average Bonchev–Trinajstić information content (AvgIpc) is 2.36. The van der Waals surface area contributed by atoms with Crippen LogP contribution in [0.1, 0.15) is 5.69 Å². The Morgan fingerprint density at radius 3 is 2.24 bits per heavy atom. The first kappa shape index (κ1) is 13.4. The smallest absolute Gasteiger partial charge is 0.345 e. The molecule has 0 amide bonds. The van der Waals surface area contributed by atoms with Crippen LogP contribution in [-0.4, -0.2) is 31.1 Å². The van der Waals surface area contributed by atoms with Gasteiger partial charge >= 0.3 is 11.9 Å². The van der Waals surface area contributed by atoms with E-state index in [1.807, 2.05) is 0 Å². The highest BCUT2D eigenvalue weighted by atomic mass is 79.9. The number of esters is 2. The molecule has 1 aromatic heterocycles. The molecule has 0 fully saturated rings. The summed E-state index contributed by atoms with van der Waals surface area (Å²) >= 11 is 3.23. The van der Waals surface area contributed by atoms with Crippen molar-refractivity contribution in [3.05, 3.63) is 34.1 Å². The highest BCUT2D eigenvalue weighted by Gasteiger charge is 2.19. The Morgan fingerprint density at radius 1 is 1.24 bits per heavy atom.